The maximum absolute atomic E-state index is 5.35. The average Bonchev–Trinajstić information content (AvgIpc) is 2.54. The summed E-state index contributed by atoms with van der Waals surface area (Å²) in [6, 6.07) is 6.41. The standard InChI is InChI=1S/C18H22N4O2/c1-23-11-14-20-15(9-16(21-14)24-2)22-12-18(6-4-7-18)17(22)13-5-3-8-19-10-13/h3,5,8-10,17H,4,6-7,11-12H2,1-2H3. The zero-order valence-corrected chi connectivity index (χ0v) is 14.1. The summed E-state index contributed by atoms with van der Waals surface area (Å²) in [6.07, 6.45) is 7.66. The van der Waals surface area contributed by atoms with Crippen LogP contribution in [0.3, 0.4) is 0 Å². The summed E-state index contributed by atoms with van der Waals surface area (Å²) < 4.78 is 10.5. The smallest absolute Gasteiger partial charge is 0.218 e. The Bertz CT molecular complexity index is 718. The molecule has 24 heavy (non-hydrogen) atoms. The number of rotatable bonds is 5. The molecule has 1 aliphatic heterocycles. The van der Waals surface area contributed by atoms with E-state index in [1.165, 1.54) is 24.8 Å². The molecule has 1 atom stereocenters. The predicted octanol–water partition coefficient (Wildman–Crippen LogP) is 2.76. The summed E-state index contributed by atoms with van der Waals surface area (Å²) in [5.74, 6) is 2.12. The molecule has 1 aliphatic carbocycles. The van der Waals surface area contributed by atoms with E-state index in [1.807, 2.05) is 24.5 Å². The van der Waals surface area contributed by atoms with E-state index in [0.29, 0.717) is 29.8 Å². The fourth-order valence-corrected chi connectivity index (χ4v) is 3.99. The van der Waals surface area contributed by atoms with E-state index in [4.69, 9.17) is 9.47 Å². The molecule has 1 saturated carbocycles. The second kappa shape index (κ2) is 6.02. The first-order chi connectivity index (χ1) is 11.8. The molecule has 126 valence electrons. The second-order valence-corrected chi connectivity index (χ2v) is 6.65. The SMILES string of the molecule is COCc1nc(OC)cc(N2CC3(CCC3)C2c2cccnc2)n1. The maximum atomic E-state index is 5.35. The van der Waals surface area contributed by atoms with Crippen LogP contribution in [0, 0.1) is 5.41 Å². The van der Waals surface area contributed by atoms with Gasteiger partial charge in [-0.05, 0) is 24.5 Å². The number of ether oxygens (including phenoxy) is 2. The van der Waals surface area contributed by atoms with Crippen molar-refractivity contribution >= 4 is 5.82 Å². The van der Waals surface area contributed by atoms with Crippen molar-refractivity contribution in [1.82, 2.24) is 15.0 Å². The Morgan fingerprint density at radius 3 is 2.79 bits per heavy atom. The van der Waals surface area contributed by atoms with Crippen LogP contribution < -0.4 is 9.64 Å². The molecule has 6 heteroatoms. The van der Waals surface area contributed by atoms with E-state index in [2.05, 4.69) is 25.9 Å². The van der Waals surface area contributed by atoms with Crippen LogP contribution in [0.2, 0.25) is 0 Å². The zero-order chi connectivity index (χ0) is 16.6. The molecule has 4 rings (SSSR count). The monoisotopic (exact) mass is 326 g/mol. The Balaban J connectivity index is 1.69. The van der Waals surface area contributed by atoms with E-state index >= 15 is 0 Å². The van der Waals surface area contributed by atoms with Gasteiger partial charge in [-0.15, -0.1) is 0 Å². The van der Waals surface area contributed by atoms with Crippen molar-refractivity contribution in [2.75, 3.05) is 25.7 Å². The second-order valence-electron chi connectivity index (χ2n) is 6.65. The number of hydrogen-bond acceptors (Lipinski definition) is 6. The number of anilines is 1. The molecule has 0 N–H and O–H groups in total. The highest BCUT2D eigenvalue weighted by Gasteiger charge is 2.56. The molecular weight excluding hydrogens is 304 g/mol. The van der Waals surface area contributed by atoms with Gasteiger partial charge in [0, 0.05) is 37.5 Å². The van der Waals surface area contributed by atoms with Crippen LogP contribution in [0.4, 0.5) is 5.82 Å². The lowest BCUT2D eigenvalue weighted by molar-refractivity contribution is 0.0273. The Labute approximate surface area is 141 Å². The normalized spacial score (nSPS) is 21.2. The molecule has 1 saturated heterocycles. The first-order valence-corrected chi connectivity index (χ1v) is 8.33. The van der Waals surface area contributed by atoms with Gasteiger partial charge in [-0.1, -0.05) is 12.5 Å². The minimum Gasteiger partial charge on any atom is -0.481 e. The van der Waals surface area contributed by atoms with Crippen LogP contribution in [0.5, 0.6) is 5.88 Å². The van der Waals surface area contributed by atoms with Gasteiger partial charge in [-0.2, -0.15) is 4.98 Å². The lowest BCUT2D eigenvalue weighted by atomic mass is 9.56. The quantitative estimate of drug-likeness (QED) is 0.842. The molecular formula is C18H22N4O2. The van der Waals surface area contributed by atoms with Gasteiger partial charge in [0.2, 0.25) is 5.88 Å². The van der Waals surface area contributed by atoms with E-state index < -0.39 is 0 Å². The number of pyridine rings is 1. The molecule has 0 aromatic carbocycles. The first kappa shape index (κ1) is 15.3. The van der Waals surface area contributed by atoms with E-state index in [0.717, 1.165) is 12.4 Å². The van der Waals surface area contributed by atoms with Crippen molar-refractivity contribution in [3.05, 3.63) is 42.0 Å². The van der Waals surface area contributed by atoms with E-state index in [1.54, 1.807) is 14.2 Å². The van der Waals surface area contributed by atoms with Crippen LogP contribution >= 0.6 is 0 Å². The summed E-state index contributed by atoms with van der Waals surface area (Å²) in [6.45, 7) is 1.40. The third-order valence-electron chi connectivity index (χ3n) is 5.24. The minimum absolute atomic E-state index is 0.329. The summed E-state index contributed by atoms with van der Waals surface area (Å²) >= 11 is 0. The number of aromatic nitrogens is 3. The zero-order valence-electron chi connectivity index (χ0n) is 14.1. The van der Waals surface area contributed by atoms with Crippen molar-refractivity contribution in [2.45, 2.75) is 31.9 Å². The fraction of sp³-hybridized carbons (Fsp3) is 0.500. The minimum atomic E-state index is 0.329. The third kappa shape index (κ3) is 2.41. The first-order valence-electron chi connectivity index (χ1n) is 8.33. The Hall–Kier alpha value is -2.21. The Morgan fingerprint density at radius 2 is 2.17 bits per heavy atom. The van der Waals surface area contributed by atoms with Gasteiger partial charge in [-0.3, -0.25) is 4.98 Å². The molecule has 2 aliphatic rings. The van der Waals surface area contributed by atoms with Gasteiger partial charge >= 0.3 is 0 Å². The number of methoxy groups -OCH3 is 2. The number of hydrogen-bond donors (Lipinski definition) is 0. The molecule has 2 fully saturated rings. The average molecular weight is 326 g/mol. The lowest BCUT2D eigenvalue weighted by Gasteiger charge is -2.63. The topological polar surface area (TPSA) is 60.4 Å². The molecule has 0 bridgehead atoms. The van der Waals surface area contributed by atoms with E-state index in [-0.39, 0.29) is 0 Å². The lowest BCUT2D eigenvalue weighted by Crippen LogP contribution is -2.62. The molecule has 2 aromatic heterocycles. The third-order valence-corrected chi connectivity index (χ3v) is 5.24. The van der Waals surface area contributed by atoms with Crippen LogP contribution in [0.15, 0.2) is 30.6 Å². The van der Waals surface area contributed by atoms with Gasteiger partial charge in [0.05, 0.1) is 13.2 Å². The van der Waals surface area contributed by atoms with Gasteiger partial charge in [0.25, 0.3) is 0 Å². The van der Waals surface area contributed by atoms with Gasteiger partial charge in [-0.25, -0.2) is 4.98 Å². The molecule has 1 unspecified atom stereocenters. The van der Waals surface area contributed by atoms with Crippen molar-refractivity contribution in [1.29, 1.82) is 0 Å². The number of nitrogens with zero attached hydrogens (tertiary/aromatic N) is 4. The van der Waals surface area contributed by atoms with Gasteiger partial charge < -0.3 is 14.4 Å². The predicted molar refractivity (Wildman–Crippen MR) is 89.9 cm³/mol. The van der Waals surface area contributed by atoms with Crippen LogP contribution in [0.1, 0.15) is 36.7 Å². The Kier molecular flexibility index (Phi) is 3.84. The van der Waals surface area contributed by atoms with Crippen LogP contribution in [-0.4, -0.2) is 35.7 Å². The molecule has 0 amide bonds. The molecule has 0 radical (unpaired) electrons. The highest BCUT2D eigenvalue weighted by atomic mass is 16.5. The molecule has 2 aromatic rings. The van der Waals surface area contributed by atoms with E-state index in [9.17, 15) is 0 Å². The Morgan fingerprint density at radius 1 is 1.29 bits per heavy atom. The summed E-state index contributed by atoms with van der Waals surface area (Å²) in [7, 11) is 3.28. The van der Waals surface area contributed by atoms with Crippen molar-refractivity contribution in [2.24, 2.45) is 5.41 Å². The molecule has 1 spiro atoms. The molecule has 3 heterocycles. The summed E-state index contributed by atoms with van der Waals surface area (Å²) in [4.78, 5) is 15.7. The summed E-state index contributed by atoms with van der Waals surface area (Å²) in [5.41, 5.74) is 1.64. The highest BCUT2D eigenvalue weighted by molar-refractivity contribution is 5.51. The summed E-state index contributed by atoms with van der Waals surface area (Å²) in [5, 5.41) is 0. The largest absolute Gasteiger partial charge is 0.481 e. The molecule has 6 nitrogen and oxygen atoms in total. The van der Waals surface area contributed by atoms with Crippen molar-refractivity contribution in [3.63, 3.8) is 0 Å². The van der Waals surface area contributed by atoms with Crippen molar-refractivity contribution in [3.8, 4) is 5.88 Å². The van der Waals surface area contributed by atoms with Crippen molar-refractivity contribution < 1.29 is 9.47 Å². The van der Waals surface area contributed by atoms with Crippen LogP contribution in [0.25, 0.3) is 0 Å². The maximum Gasteiger partial charge on any atom is 0.218 e. The fourth-order valence-electron chi connectivity index (χ4n) is 3.99. The van der Waals surface area contributed by atoms with Gasteiger partial charge in [0.15, 0.2) is 5.82 Å². The highest BCUT2D eigenvalue weighted by Crippen LogP contribution is 2.61. The van der Waals surface area contributed by atoms with Gasteiger partial charge in [0.1, 0.15) is 12.4 Å². The van der Waals surface area contributed by atoms with Crippen LogP contribution in [-0.2, 0) is 11.3 Å².